The minimum absolute atomic E-state index is 0.576. The second kappa shape index (κ2) is 2.80. The molecule has 0 aromatic rings. The molecule has 0 aromatic carbocycles. The quantitative estimate of drug-likeness (QED) is 0.499. The van der Waals surface area contributed by atoms with E-state index in [1.165, 1.54) is 12.8 Å². The topological polar surface area (TPSA) is 0 Å². The van der Waals surface area contributed by atoms with E-state index in [-0.39, 0.29) is 0 Å². The highest BCUT2D eigenvalue weighted by molar-refractivity contribution is 4.87. The van der Waals surface area contributed by atoms with E-state index in [2.05, 4.69) is 34.6 Å². The summed E-state index contributed by atoms with van der Waals surface area (Å²) < 4.78 is 0. The first kappa shape index (κ1) is 9.09. The normalized spacial score (nSPS) is 43.9. The van der Waals surface area contributed by atoms with Gasteiger partial charge in [-0.1, -0.05) is 34.6 Å². The molecule has 0 heteroatoms. The molecule has 0 nitrogen and oxygen atoms in total. The highest BCUT2D eigenvalue weighted by atomic mass is 14.4. The largest absolute Gasteiger partial charge is 0.0625 e. The lowest BCUT2D eigenvalue weighted by Gasteiger charge is -2.44. The van der Waals surface area contributed by atoms with Gasteiger partial charge in [-0.15, -0.1) is 0 Å². The zero-order valence-corrected chi connectivity index (χ0v) is 8.65. The van der Waals surface area contributed by atoms with Gasteiger partial charge < -0.3 is 0 Å². The molecule has 0 spiro atoms. The lowest BCUT2D eigenvalue weighted by molar-refractivity contribution is 0.0532. The highest BCUT2D eigenvalue weighted by Crippen LogP contribution is 2.46. The molecular formula is C11H22. The van der Waals surface area contributed by atoms with Crippen molar-refractivity contribution in [3.05, 3.63) is 0 Å². The Labute approximate surface area is 71.4 Å². The molecule has 1 aliphatic rings. The Morgan fingerprint density at radius 1 is 0.909 bits per heavy atom. The van der Waals surface area contributed by atoms with Gasteiger partial charge in [0.1, 0.15) is 0 Å². The summed E-state index contributed by atoms with van der Waals surface area (Å²) in [7, 11) is 0. The van der Waals surface area contributed by atoms with Crippen molar-refractivity contribution >= 4 is 0 Å². The van der Waals surface area contributed by atoms with Crippen LogP contribution in [0, 0.1) is 23.2 Å². The molecule has 0 heterocycles. The van der Waals surface area contributed by atoms with Gasteiger partial charge in [-0.05, 0) is 36.0 Å². The summed E-state index contributed by atoms with van der Waals surface area (Å²) in [6.07, 6.45) is 2.86. The first-order valence-electron chi connectivity index (χ1n) is 4.94. The van der Waals surface area contributed by atoms with Crippen LogP contribution in [-0.2, 0) is 0 Å². The van der Waals surface area contributed by atoms with Crippen LogP contribution in [0.1, 0.15) is 47.5 Å². The van der Waals surface area contributed by atoms with Crippen LogP contribution >= 0.6 is 0 Å². The number of hydrogen-bond donors (Lipinski definition) is 0. The zero-order chi connectivity index (χ0) is 8.65. The van der Waals surface area contributed by atoms with Crippen molar-refractivity contribution < 1.29 is 0 Å². The van der Waals surface area contributed by atoms with Crippen molar-refractivity contribution in [3.8, 4) is 0 Å². The van der Waals surface area contributed by atoms with Crippen LogP contribution in [0.4, 0.5) is 0 Å². The van der Waals surface area contributed by atoms with E-state index < -0.39 is 0 Å². The highest BCUT2D eigenvalue weighted by Gasteiger charge is 2.37. The fourth-order valence-corrected chi connectivity index (χ4v) is 2.40. The molecule has 0 saturated heterocycles. The van der Waals surface area contributed by atoms with Crippen LogP contribution in [-0.4, -0.2) is 0 Å². The SMILES string of the molecule is CC1CC(C)C(C)(C)C(C)C1. The van der Waals surface area contributed by atoms with Crippen molar-refractivity contribution in [1.82, 2.24) is 0 Å². The fourth-order valence-electron chi connectivity index (χ4n) is 2.40. The van der Waals surface area contributed by atoms with Gasteiger partial charge in [-0.3, -0.25) is 0 Å². The van der Waals surface area contributed by atoms with Crippen LogP contribution in [0.15, 0.2) is 0 Å². The summed E-state index contributed by atoms with van der Waals surface area (Å²) in [5.74, 6) is 2.76. The molecular weight excluding hydrogens is 132 g/mol. The molecule has 1 rings (SSSR count). The second-order valence-electron chi connectivity index (χ2n) is 5.20. The van der Waals surface area contributed by atoms with Gasteiger partial charge in [0.25, 0.3) is 0 Å². The molecule has 66 valence electrons. The maximum absolute atomic E-state index is 2.42. The molecule has 1 aliphatic carbocycles. The summed E-state index contributed by atoms with van der Waals surface area (Å²) in [5, 5.41) is 0. The first-order valence-corrected chi connectivity index (χ1v) is 4.94. The molecule has 0 amide bonds. The predicted octanol–water partition coefficient (Wildman–Crippen LogP) is 3.71. The third kappa shape index (κ3) is 1.60. The fraction of sp³-hybridized carbons (Fsp3) is 1.00. The zero-order valence-electron chi connectivity index (χ0n) is 8.65. The van der Waals surface area contributed by atoms with E-state index in [4.69, 9.17) is 0 Å². The summed E-state index contributed by atoms with van der Waals surface area (Å²) >= 11 is 0. The number of rotatable bonds is 0. The van der Waals surface area contributed by atoms with E-state index in [0.29, 0.717) is 5.41 Å². The summed E-state index contributed by atoms with van der Waals surface area (Å²) in [6, 6.07) is 0. The maximum Gasteiger partial charge on any atom is -0.0303 e. The van der Waals surface area contributed by atoms with Crippen molar-refractivity contribution in [1.29, 1.82) is 0 Å². The van der Waals surface area contributed by atoms with Crippen molar-refractivity contribution in [2.45, 2.75) is 47.5 Å². The Morgan fingerprint density at radius 3 is 1.64 bits per heavy atom. The molecule has 1 saturated carbocycles. The van der Waals surface area contributed by atoms with Gasteiger partial charge in [0.2, 0.25) is 0 Å². The van der Waals surface area contributed by atoms with Crippen molar-refractivity contribution in [2.24, 2.45) is 23.2 Å². The van der Waals surface area contributed by atoms with E-state index in [9.17, 15) is 0 Å². The lowest BCUT2D eigenvalue weighted by atomic mass is 9.61. The van der Waals surface area contributed by atoms with Gasteiger partial charge in [-0.25, -0.2) is 0 Å². The van der Waals surface area contributed by atoms with Gasteiger partial charge in [-0.2, -0.15) is 0 Å². The lowest BCUT2D eigenvalue weighted by Crippen LogP contribution is -2.36. The minimum Gasteiger partial charge on any atom is -0.0625 e. The van der Waals surface area contributed by atoms with E-state index in [1.54, 1.807) is 0 Å². The molecule has 0 aromatic heterocycles. The monoisotopic (exact) mass is 154 g/mol. The van der Waals surface area contributed by atoms with Gasteiger partial charge >= 0.3 is 0 Å². The van der Waals surface area contributed by atoms with E-state index >= 15 is 0 Å². The molecule has 0 bridgehead atoms. The summed E-state index contributed by atoms with van der Waals surface area (Å²) in [6.45, 7) is 12.1. The smallest absolute Gasteiger partial charge is 0.0303 e. The molecule has 2 unspecified atom stereocenters. The summed E-state index contributed by atoms with van der Waals surface area (Å²) in [5.41, 5.74) is 0.576. The Morgan fingerprint density at radius 2 is 1.27 bits per heavy atom. The van der Waals surface area contributed by atoms with Crippen LogP contribution < -0.4 is 0 Å². The third-order valence-corrected chi connectivity index (χ3v) is 4.05. The Kier molecular flexibility index (Phi) is 2.32. The van der Waals surface area contributed by atoms with Crippen LogP contribution in [0.3, 0.4) is 0 Å². The average molecular weight is 154 g/mol. The van der Waals surface area contributed by atoms with Gasteiger partial charge in [0, 0.05) is 0 Å². The first-order chi connectivity index (χ1) is 4.94. The molecule has 0 N–H and O–H groups in total. The number of hydrogen-bond acceptors (Lipinski definition) is 0. The Hall–Kier alpha value is 0. The summed E-state index contributed by atoms with van der Waals surface area (Å²) in [4.78, 5) is 0. The Bertz CT molecular complexity index is 121. The third-order valence-electron chi connectivity index (χ3n) is 4.05. The molecule has 0 radical (unpaired) electrons. The van der Waals surface area contributed by atoms with Gasteiger partial charge in [0.05, 0.1) is 0 Å². The van der Waals surface area contributed by atoms with E-state index in [0.717, 1.165) is 17.8 Å². The second-order valence-corrected chi connectivity index (χ2v) is 5.20. The van der Waals surface area contributed by atoms with Crippen molar-refractivity contribution in [2.75, 3.05) is 0 Å². The average Bonchev–Trinajstić information content (AvgIpc) is 1.84. The van der Waals surface area contributed by atoms with Crippen LogP contribution in [0.5, 0.6) is 0 Å². The molecule has 2 atom stereocenters. The molecule has 11 heavy (non-hydrogen) atoms. The van der Waals surface area contributed by atoms with Crippen molar-refractivity contribution in [3.63, 3.8) is 0 Å². The molecule has 0 aliphatic heterocycles. The predicted molar refractivity (Wildman–Crippen MR) is 50.5 cm³/mol. The van der Waals surface area contributed by atoms with Gasteiger partial charge in [0.15, 0.2) is 0 Å². The maximum atomic E-state index is 2.42. The standard InChI is InChI=1S/C11H22/c1-8-6-9(2)11(4,5)10(3)7-8/h8-10H,6-7H2,1-5H3. The van der Waals surface area contributed by atoms with Crippen LogP contribution in [0.25, 0.3) is 0 Å². The van der Waals surface area contributed by atoms with E-state index in [1.807, 2.05) is 0 Å². The molecule has 1 fully saturated rings. The van der Waals surface area contributed by atoms with Crippen LogP contribution in [0.2, 0.25) is 0 Å². The minimum atomic E-state index is 0.576. The Balaban J connectivity index is 2.67.